The lowest BCUT2D eigenvalue weighted by atomic mass is 10.1. The van der Waals surface area contributed by atoms with Crippen LogP contribution in [0.4, 0.5) is 5.69 Å². The second kappa shape index (κ2) is 4.46. The number of nitro groups is 1. The van der Waals surface area contributed by atoms with Crippen LogP contribution in [0.2, 0.25) is 0 Å². The zero-order valence-electron chi connectivity index (χ0n) is 11.9. The number of imidazole rings is 1. The largest absolute Gasteiger partial charge is 0.329 e. The molecule has 108 valence electrons. The molecule has 4 rings (SSSR count). The molecule has 0 fully saturated rings. The lowest BCUT2D eigenvalue weighted by Gasteiger charge is -1.98. The Balaban J connectivity index is 1.95. The highest BCUT2D eigenvalue weighted by Crippen LogP contribution is 2.29. The summed E-state index contributed by atoms with van der Waals surface area (Å²) in [4.78, 5) is 10.6. The van der Waals surface area contributed by atoms with Crippen LogP contribution in [0.25, 0.3) is 27.8 Å². The summed E-state index contributed by atoms with van der Waals surface area (Å²) in [6, 6.07) is 17.0. The normalized spacial score (nSPS) is 11.3. The van der Waals surface area contributed by atoms with Crippen LogP contribution in [0.3, 0.4) is 0 Å². The molecule has 2 heterocycles. The average Bonchev–Trinajstić information content (AvgIpc) is 3.08. The molecule has 0 saturated carbocycles. The quantitative estimate of drug-likeness (QED) is 0.414. The zero-order valence-corrected chi connectivity index (χ0v) is 11.9. The molecule has 4 aromatic rings. The van der Waals surface area contributed by atoms with Crippen LogP contribution in [0.5, 0.6) is 0 Å². The molecule has 0 spiro atoms. The Morgan fingerprint density at radius 3 is 2.50 bits per heavy atom. The number of non-ortho nitro benzene ring substituents is 1. The Hall–Kier alpha value is -3.08. The van der Waals surface area contributed by atoms with Crippen molar-refractivity contribution in [1.82, 2.24) is 8.97 Å². The second-order valence-corrected chi connectivity index (χ2v) is 5.31. The van der Waals surface area contributed by atoms with Gasteiger partial charge in [-0.05, 0) is 23.8 Å². The number of benzene rings is 2. The summed E-state index contributed by atoms with van der Waals surface area (Å²) in [5, 5.41) is 10.9. The first-order chi connectivity index (χ1) is 10.6. The summed E-state index contributed by atoms with van der Waals surface area (Å²) in [5.74, 6) is 0. The first-order valence-corrected chi connectivity index (χ1v) is 6.95. The van der Waals surface area contributed by atoms with Crippen molar-refractivity contribution < 1.29 is 4.92 Å². The lowest BCUT2D eigenvalue weighted by molar-refractivity contribution is -0.384. The van der Waals surface area contributed by atoms with Crippen molar-refractivity contribution in [2.75, 3.05) is 0 Å². The molecule has 2 aromatic carbocycles. The lowest BCUT2D eigenvalue weighted by Crippen LogP contribution is -1.87. The molecule has 0 bridgehead atoms. The van der Waals surface area contributed by atoms with Crippen LogP contribution in [-0.2, 0) is 7.05 Å². The fourth-order valence-electron chi connectivity index (χ4n) is 2.93. The molecule has 0 unspecified atom stereocenters. The van der Waals surface area contributed by atoms with Gasteiger partial charge in [-0.25, -0.2) is 0 Å². The molecular formula is C17H13N3O2. The molecule has 2 aromatic heterocycles. The maximum Gasteiger partial charge on any atom is 0.270 e. The highest BCUT2D eigenvalue weighted by Gasteiger charge is 2.12. The van der Waals surface area contributed by atoms with Crippen LogP contribution in [0.1, 0.15) is 0 Å². The smallest absolute Gasteiger partial charge is 0.270 e. The summed E-state index contributed by atoms with van der Waals surface area (Å²) in [6.07, 6.45) is 2.02. The minimum atomic E-state index is -0.366. The molecule has 0 saturated heterocycles. The van der Waals surface area contributed by atoms with E-state index < -0.39 is 0 Å². The Morgan fingerprint density at radius 1 is 0.955 bits per heavy atom. The van der Waals surface area contributed by atoms with Crippen molar-refractivity contribution in [2.45, 2.75) is 0 Å². The summed E-state index contributed by atoms with van der Waals surface area (Å²) >= 11 is 0. The first kappa shape index (κ1) is 12.6. The number of rotatable bonds is 2. The molecule has 0 radical (unpaired) electrons. The highest BCUT2D eigenvalue weighted by atomic mass is 16.6. The monoisotopic (exact) mass is 291 g/mol. The van der Waals surface area contributed by atoms with Crippen molar-refractivity contribution in [3.63, 3.8) is 0 Å². The maximum atomic E-state index is 10.9. The van der Waals surface area contributed by atoms with Crippen LogP contribution >= 0.6 is 0 Å². The van der Waals surface area contributed by atoms with Gasteiger partial charge in [0.05, 0.1) is 16.0 Å². The van der Waals surface area contributed by atoms with Gasteiger partial charge in [-0.3, -0.25) is 10.1 Å². The number of nitro benzene ring substituents is 1. The predicted molar refractivity (Wildman–Crippen MR) is 86.0 cm³/mol. The van der Waals surface area contributed by atoms with Gasteiger partial charge in [-0.2, -0.15) is 0 Å². The molecule has 5 heteroatoms. The van der Waals surface area contributed by atoms with E-state index in [0.717, 1.165) is 27.8 Å². The number of aromatic nitrogens is 2. The molecule has 0 aliphatic carbocycles. The number of aryl methyl sites for hydroxylation is 1. The van der Waals surface area contributed by atoms with Gasteiger partial charge in [0, 0.05) is 30.9 Å². The van der Waals surface area contributed by atoms with Crippen molar-refractivity contribution in [1.29, 1.82) is 0 Å². The van der Waals surface area contributed by atoms with Crippen molar-refractivity contribution in [3.05, 3.63) is 70.9 Å². The standard InChI is InChI=1S/C17H13N3O2/c1-18-15-7-2-3-8-16(15)19-11-13(10-17(18)19)12-5-4-6-14(9-12)20(21)22/h2-11H,1H3. The third kappa shape index (κ3) is 1.72. The minimum Gasteiger partial charge on any atom is -0.329 e. The van der Waals surface area contributed by atoms with Gasteiger partial charge in [0.2, 0.25) is 0 Å². The van der Waals surface area contributed by atoms with E-state index in [2.05, 4.69) is 27.2 Å². The maximum absolute atomic E-state index is 10.9. The third-order valence-corrected chi connectivity index (χ3v) is 4.04. The van der Waals surface area contributed by atoms with Crippen molar-refractivity contribution in [2.24, 2.45) is 7.05 Å². The van der Waals surface area contributed by atoms with E-state index in [0.29, 0.717) is 0 Å². The molecule has 0 aliphatic rings. The van der Waals surface area contributed by atoms with Gasteiger partial charge in [-0.15, -0.1) is 0 Å². The molecule has 22 heavy (non-hydrogen) atoms. The van der Waals surface area contributed by atoms with Crippen LogP contribution in [0, 0.1) is 10.1 Å². The summed E-state index contributed by atoms with van der Waals surface area (Å²) < 4.78 is 4.24. The van der Waals surface area contributed by atoms with Crippen LogP contribution < -0.4 is 0 Å². The Kier molecular flexibility index (Phi) is 2.56. The fraction of sp³-hybridized carbons (Fsp3) is 0.0588. The molecule has 5 nitrogen and oxygen atoms in total. The van der Waals surface area contributed by atoms with Crippen molar-refractivity contribution >= 4 is 22.4 Å². The Bertz CT molecular complexity index is 1030. The van der Waals surface area contributed by atoms with Crippen LogP contribution in [0.15, 0.2) is 60.8 Å². The van der Waals surface area contributed by atoms with E-state index in [9.17, 15) is 10.1 Å². The molecule has 0 N–H and O–H groups in total. The van der Waals surface area contributed by atoms with E-state index in [1.54, 1.807) is 12.1 Å². The van der Waals surface area contributed by atoms with Gasteiger partial charge < -0.3 is 8.97 Å². The first-order valence-electron chi connectivity index (χ1n) is 6.95. The molecule has 0 amide bonds. The number of para-hydroxylation sites is 2. The topological polar surface area (TPSA) is 52.5 Å². The number of hydrogen-bond acceptors (Lipinski definition) is 2. The number of nitrogens with zero attached hydrogens (tertiary/aromatic N) is 3. The van der Waals surface area contributed by atoms with Gasteiger partial charge in [0.15, 0.2) is 0 Å². The van der Waals surface area contributed by atoms with Crippen molar-refractivity contribution in [3.8, 4) is 11.1 Å². The number of hydrogen-bond donors (Lipinski definition) is 0. The molecular weight excluding hydrogens is 278 g/mol. The third-order valence-electron chi connectivity index (χ3n) is 4.04. The van der Waals surface area contributed by atoms with E-state index in [1.807, 2.05) is 31.4 Å². The SMILES string of the molecule is Cn1c2ccccc2n2cc(-c3cccc([N+](=O)[O-])c3)cc12. The Morgan fingerprint density at radius 2 is 1.73 bits per heavy atom. The number of fused-ring (bicyclic) bond motifs is 3. The van der Waals surface area contributed by atoms with Gasteiger partial charge in [0.25, 0.3) is 5.69 Å². The summed E-state index contributed by atoms with van der Waals surface area (Å²) in [5.41, 5.74) is 5.27. The second-order valence-electron chi connectivity index (χ2n) is 5.31. The average molecular weight is 291 g/mol. The van der Waals surface area contributed by atoms with E-state index >= 15 is 0 Å². The van der Waals surface area contributed by atoms with E-state index in [4.69, 9.17) is 0 Å². The fourth-order valence-corrected chi connectivity index (χ4v) is 2.93. The zero-order chi connectivity index (χ0) is 15.3. The van der Waals surface area contributed by atoms with Gasteiger partial charge >= 0.3 is 0 Å². The van der Waals surface area contributed by atoms with Gasteiger partial charge in [-0.1, -0.05) is 24.3 Å². The van der Waals surface area contributed by atoms with E-state index in [-0.39, 0.29) is 10.6 Å². The summed E-state index contributed by atoms with van der Waals surface area (Å²) in [7, 11) is 2.02. The highest BCUT2D eigenvalue weighted by molar-refractivity contribution is 5.84. The van der Waals surface area contributed by atoms with E-state index in [1.165, 1.54) is 6.07 Å². The van der Waals surface area contributed by atoms with Gasteiger partial charge in [0.1, 0.15) is 5.65 Å². The predicted octanol–water partition coefficient (Wildman–Crippen LogP) is 4.01. The minimum absolute atomic E-state index is 0.109. The van der Waals surface area contributed by atoms with Crippen LogP contribution in [-0.4, -0.2) is 13.9 Å². The Labute approximate surface area is 126 Å². The summed E-state index contributed by atoms with van der Waals surface area (Å²) in [6.45, 7) is 0. The molecule has 0 atom stereocenters. The molecule has 0 aliphatic heterocycles.